The molecule has 0 bridgehead atoms. The zero-order valence-electron chi connectivity index (χ0n) is 12.7. The van der Waals surface area contributed by atoms with Crippen molar-refractivity contribution < 1.29 is 9.47 Å². The van der Waals surface area contributed by atoms with Crippen molar-refractivity contribution in [2.24, 2.45) is 0 Å². The van der Waals surface area contributed by atoms with E-state index >= 15 is 0 Å². The Balaban J connectivity index is 2.23. The van der Waals surface area contributed by atoms with Gasteiger partial charge in [-0.05, 0) is 38.8 Å². The highest BCUT2D eigenvalue weighted by molar-refractivity contribution is 6.20. The third kappa shape index (κ3) is 2.51. The van der Waals surface area contributed by atoms with Gasteiger partial charge in [-0.1, -0.05) is 0 Å². The highest BCUT2D eigenvalue weighted by Gasteiger charge is 2.34. The summed E-state index contributed by atoms with van der Waals surface area (Å²) >= 11 is 6.38. The van der Waals surface area contributed by atoms with Crippen molar-refractivity contribution in [1.29, 1.82) is 0 Å². The summed E-state index contributed by atoms with van der Waals surface area (Å²) in [6.45, 7) is 5.70. The molecule has 1 aromatic carbocycles. The van der Waals surface area contributed by atoms with Gasteiger partial charge in [-0.3, -0.25) is 0 Å². The van der Waals surface area contributed by atoms with Gasteiger partial charge in [0.05, 0.1) is 35.7 Å². The van der Waals surface area contributed by atoms with Crippen LogP contribution in [0.2, 0.25) is 0 Å². The van der Waals surface area contributed by atoms with Gasteiger partial charge in [0.25, 0.3) is 0 Å². The second-order valence-electron chi connectivity index (χ2n) is 5.93. The normalized spacial score (nSPS) is 24.2. The fraction of sp³-hybridized carbons (Fsp3) is 0.562. The standard InChI is InChI=1S/C16H21ClN2O2/c1-11(17)15-18-13-6-5-12(20-3)9-14(13)19(15)16(2)7-4-8-21-10-16/h5-6,9,11H,4,7-8,10H2,1-3H3. The molecule has 114 valence electrons. The number of hydrogen-bond donors (Lipinski definition) is 0. The zero-order chi connectivity index (χ0) is 15.0. The maximum Gasteiger partial charge on any atom is 0.128 e. The maximum atomic E-state index is 6.38. The van der Waals surface area contributed by atoms with Crippen LogP contribution in [-0.2, 0) is 10.3 Å². The van der Waals surface area contributed by atoms with Crippen molar-refractivity contribution in [2.75, 3.05) is 20.3 Å². The van der Waals surface area contributed by atoms with E-state index in [1.165, 1.54) is 0 Å². The van der Waals surface area contributed by atoms with E-state index in [0.29, 0.717) is 6.61 Å². The fourth-order valence-corrected chi connectivity index (χ4v) is 3.28. The van der Waals surface area contributed by atoms with E-state index in [1.807, 2.05) is 25.1 Å². The molecule has 3 rings (SSSR count). The predicted molar refractivity (Wildman–Crippen MR) is 84.3 cm³/mol. The summed E-state index contributed by atoms with van der Waals surface area (Å²) in [6, 6.07) is 5.95. The lowest BCUT2D eigenvalue weighted by atomic mass is 9.94. The van der Waals surface area contributed by atoms with Gasteiger partial charge in [0.2, 0.25) is 0 Å². The Hall–Kier alpha value is -1.26. The summed E-state index contributed by atoms with van der Waals surface area (Å²) in [5.74, 6) is 1.73. The van der Waals surface area contributed by atoms with Gasteiger partial charge < -0.3 is 14.0 Å². The quantitative estimate of drug-likeness (QED) is 0.808. The van der Waals surface area contributed by atoms with Crippen LogP contribution in [0.1, 0.15) is 37.9 Å². The van der Waals surface area contributed by atoms with Crippen LogP contribution in [0.4, 0.5) is 0 Å². The number of ether oxygens (including phenoxy) is 2. The number of benzene rings is 1. The van der Waals surface area contributed by atoms with Crippen LogP contribution in [0, 0.1) is 0 Å². The van der Waals surface area contributed by atoms with Crippen molar-refractivity contribution in [3.63, 3.8) is 0 Å². The molecule has 0 N–H and O–H groups in total. The van der Waals surface area contributed by atoms with Crippen molar-refractivity contribution in [2.45, 2.75) is 37.6 Å². The second-order valence-corrected chi connectivity index (χ2v) is 6.58. The summed E-state index contributed by atoms with van der Waals surface area (Å²) in [4.78, 5) is 4.73. The molecule has 1 fully saturated rings. The van der Waals surface area contributed by atoms with Gasteiger partial charge in [-0.25, -0.2) is 4.98 Å². The van der Waals surface area contributed by atoms with Crippen LogP contribution in [0.25, 0.3) is 11.0 Å². The molecular weight excluding hydrogens is 288 g/mol. The van der Waals surface area contributed by atoms with Gasteiger partial charge in [-0.15, -0.1) is 11.6 Å². The number of rotatable bonds is 3. The molecule has 0 radical (unpaired) electrons. The first-order chi connectivity index (χ1) is 10.0. The Morgan fingerprint density at radius 2 is 2.29 bits per heavy atom. The van der Waals surface area contributed by atoms with Crippen LogP contribution in [-0.4, -0.2) is 29.9 Å². The van der Waals surface area contributed by atoms with Crippen LogP contribution in [0.15, 0.2) is 18.2 Å². The summed E-state index contributed by atoms with van der Waals surface area (Å²) < 4.78 is 13.3. The molecule has 21 heavy (non-hydrogen) atoms. The lowest BCUT2D eigenvalue weighted by Crippen LogP contribution is -2.40. The van der Waals surface area contributed by atoms with E-state index in [-0.39, 0.29) is 10.9 Å². The number of aromatic nitrogens is 2. The minimum atomic E-state index is -0.151. The first-order valence-electron chi connectivity index (χ1n) is 7.34. The van der Waals surface area contributed by atoms with Crippen LogP contribution < -0.4 is 4.74 Å². The molecule has 0 saturated carbocycles. The number of nitrogens with zero attached hydrogens (tertiary/aromatic N) is 2. The average molecular weight is 309 g/mol. The molecule has 0 amide bonds. The SMILES string of the molecule is COc1ccc2nc(C(C)Cl)n(C3(C)CCCOC3)c2c1. The lowest BCUT2D eigenvalue weighted by Gasteiger charge is -2.37. The summed E-state index contributed by atoms with van der Waals surface area (Å²) in [7, 11) is 1.68. The number of fused-ring (bicyclic) bond motifs is 1. The number of imidazole rings is 1. The third-order valence-corrected chi connectivity index (χ3v) is 4.40. The molecule has 1 aliphatic rings. The van der Waals surface area contributed by atoms with Gasteiger partial charge in [0, 0.05) is 12.7 Å². The predicted octanol–water partition coefficient (Wildman–Crippen LogP) is 3.87. The molecule has 1 aromatic heterocycles. The lowest BCUT2D eigenvalue weighted by molar-refractivity contribution is 0.0101. The summed E-state index contributed by atoms with van der Waals surface area (Å²) in [5, 5.41) is -0.151. The molecule has 0 spiro atoms. The largest absolute Gasteiger partial charge is 0.497 e. The molecule has 0 aliphatic carbocycles. The highest BCUT2D eigenvalue weighted by atomic mass is 35.5. The Morgan fingerprint density at radius 1 is 1.48 bits per heavy atom. The molecule has 2 unspecified atom stereocenters. The van der Waals surface area contributed by atoms with E-state index in [1.54, 1.807) is 7.11 Å². The Bertz CT molecular complexity index is 645. The fourth-order valence-electron chi connectivity index (χ4n) is 3.13. The molecule has 2 aromatic rings. The minimum absolute atomic E-state index is 0.113. The first-order valence-corrected chi connectivity index (χ1v) is 7.77. The topological polar surface area (TPSA) is 36.3 Å². The monoisotopic (exact) mass is 308 g/mol. The van der Waals surface area contributed by atoms with E-state index < -0.39 is 0 Å². The van der Waals surface area contributed by atoms with Crippen LogP contribution in [0.5, 0.6) is 5.75 Å². The summed E-state index contributed by atoms with van der Waals surface area (Å²) in [5.41, 5.74) is 1.90. The van der Waals surface area contributed by atoms with Crippen molar-refractivity contribution >= 4 is 22.6 Å². The molecular formula is C16H21ClN2O2. The van der Waals surface area contributed by atoms with E-state index in [9.17, 15) is 0 Å². The highest BCUT2D eigenvalue weighted by Crippen LogP contribution is 2.36. The number of methoxy groups -OCH3 is 1. The minimum Gasteiger partial charge on any atom is -0.497 e. The molecule has 1 saturated heterocycles. The molecule has 4 nitrogen and oxygen atoms in total. The van der Waals surface area contributed by atoms with Gasteiger partial charge in [0.1, 0.15) is 11.6 Å². The summed E-state index contributed by atoms with van der Waals surface area (Å²) in [6.07, 6.45) is 2.11. The van der Waals surface area contributed by atoms with E-state index in [4.69, 9.17) is 26.1 Å². The number of alkyl halides is 1. The van der Waals surface area contributed by atoms with Crippen molar-refractivity contribution in [3.8, 4) is 5.75 Å². The Morgan fingerprint density at radius 3 is 2.90 bits per heavy atom. The van der Waals surface area contributed by atoms with Crippen LogP contribution in [0.3, 0.4) is 0 Å². The van der Waals surface area contributed by atoms with Gasteiger partial charge >= 0.3 is 0 Å². The van der Waals surface area contributed by atoms with Crippen molar-refractivity contribution in [1.82, 2.24) is 9.55 Å². The van der Waals surface area contributed by atoms with E-state index in [2.05, 4.69) is 11.5 Å². The Kier molecular flexibility index (Phi) is 3.84. The molecule has 2 heterocycles. The average Bonchev–Trinajstić information content (AvgIpc) is 2.87. The Labute approximate surface area is 130 Å². The number of halogens is 1. The number of hydrogen-bond acceptors (Lipinski definition) is 3. The van der Waals surface area contributed by atoms with Crippen molar-refractivity contribution in [3.05, 3.63) is 24.0 Å². The second kappa shape index (κ2) is 5.50. The first kappa shape index (κ1) is 14.7. The molecule has 1 aliphatic heterocycles. The van der Waals surface area contributed by atoms with E-state index in [0.717, 1.165) is 42.1 Å². The van der Waals surface area contributed by atoms with Gasteiger partial charge in [-0.2, -0.15) is 0 Å². The smallest absolute Gasteiger partial charge is 0.128 e. The molecule has 2 atom stereocenters. The molecule has 5 heteroatoms. The van der Waals surface area contributed by atoms with Gasteiger partial charge in [0.15, 0.2) is 0 Å². The maximum absolute atomic E-state index is 6.38. The van der Waals surface area contributed by atoms with Crippen LogP contribution >= 0.6 is 11.6 Å². The zero-order valence-corrected chi connectivity index (χ0v) is 13.5. The third-order valence-electron chi connectivity index (χ3n) is 4.20.